The summed E-state index contributed by atoms with van der Waals surface area (Å²) in [6.07, 6.45) is 1.86. The molecule has 0 saturated carbocycles. The van der Waals surface area contributed by atoms with Crippen LogP contribution in [0.5, 0.6) is 5.75 Å². The van der Waals surface area contributed by atoms with Gasteiger partial charge in [-0.3, -0.25) is 4.79 Å². The molecule has 1 aromatic heterocycles. The van der Waals surface area contributed by atoms with Crippen LogP contribution < -0.4 is 10.1 Å². The number of rotatable bonds is 7. The molecule has 5 heteroatoms. The fourth-order valence-electron chi connectivity index (χ4n) is 3.01. The molecule has 0 aliphatic carbocycles. The van der Waals surface area contributed by atoms with Crippen molar-refractivity contribution in [3.63, 3.8) is 0 Å². The first-order valence-corrected chi connectivity index (χ1v) is 8.39. The molecule has 1 aromatic carbocycles. The van der Waals surface area contributed by atoms with E-state index < -0.39 is 0 Å². The Morgan fingerprint density at radius 3 is 3.09 bits per heavy atom. The topological polar surface area (TPSA) is 52.5 Å². The van der Waals surface area contributed by atoms with Crippen LogP contribution in [-0.4, -0.2) is 36.3 Å². The van der Waals surface area contributed by atoms with Gasteiger partial charge in [0.1, 0.15) is 17.5 Å². The minimum Gasteiger partial charge on any atom is -0.486 e. The lowest BCUT2D eigenvalue weighted by atomic mass is 10.2. The first-order chi connectivity index (χ1) is 11.2. The van der Waals surface area contributed by atoms with Gasteiger partial charge in [0.15, 0.2) is 0 Å². The summed E-state index contributed by atoms with van der Waals surface area (Å²) < 4.78 is 13.4. The van der Waals surface area contributed by atoms with Crippen molar-refractivity contribution in [2.24, 2.45) is 0 Å². The Balaban J connectivity index is 1.79. The van der Waals surface area contributed by atoms with E-state index in [9.17, 15) is 4.79 Å². The third-order valence-corrected chi connectivity index (χ3v) is 4.21. The Hall–Kier alpha value is -2.01. The smallest absolute Gasteiger partial charge is 0.267 e. The quantitative estimate of drug-likeness (QED) is 0.799. The van der Waals surface area contributed by atoms with Crippen LogP contribution in [0.15, 0.2) is 24.3 Å². The third-order valence-electron chi connectivity index (χ3n) is 4.21. The molecule has 23 heavy (non-hydrogen) atoms. The van der Waals surface area contributed by atoms with Gasteiger partial charge < -0.3 is 19.4 Å². The van der Waals surface area contributed by atoms with Gasteiger partial charge in [-0.2, -0.15) is 0 Å². The second kappa shape index (κ2) is 7.04. The van der Waals surface area contributed by atoms with Gasteiger partial charge in [0, 0.05) is 25.1 Å². The molecule has 3 rings (SSSR count). The lowest BCUT2D eigenvalue weighted by Crippen LogP contribution is -2.32. The van der Waals surface area contributed by atoms with E-state index in [1.165, 1.54) is 0 Å². The molecule has 2 heterocycles. The van der Waals surface area contributed by atoms with Crippen molar-refractivity contribution < 1.29 is 14.3 Å². The molecule has 1 N–H and O–H groups in total. The first-order valence-electron chi connectivity index (χ1n) is 8.39. The largest absolute Gasteiger partial charge is 0.486 e. The predicted molar refractivity (Wildman–Crippen MR) is 90.1 cm³/mol. The molecule has 1 aliphatic heterocycles. The molecular formula is C18H24N2O3. The van der Waals surface area contributed by atoms with Crippen LogP contribution in [0.2, 0.25) is 0 Å². The number of carbonyl (C=O) groups excluding carboxylic acids is 1. The Morgan fingerprint density at radius 2 is 2.30 bits per heavy atom. The van der Waals surface area contributed by atoms with Crippen LogP contribution in [0.1, 0.15) is 37.2 Å². The summed E-state index contributed by atoms with van der Waals surface area (Å²) >= 11 is 0. The second-order valence-electron chi connectivity index (χ2n) is 5.79. The minimum atomic E-state index is -0.0274. The van der Waals surface area contributed by atoms with Gasteiger partial charge in [-0.25, -0.2) is 0 Å². The van der Waals surface area contributed by atoms with Crippen molar-refractivity contribution in [3.05, 3.63) is 30.0 Å². The Labute approximate surface area is 136 Å². The summed E-state index contributed by atoms with van der Waals surface area (Å²) in [7, 11) is 0. The van der Waals surface area contributed by atoms with E-state index in [0.717, 1.165) is 36.0 Å². The van der Waals surface area contributed by atoms with E-state index in [1.807, 2.05) is 31.2 Å². The van der Waals surface area contributed by atoms with Crippen LogP contribution in [0.4, 0.5) is 0 Å². The number of aromatic nitrogens is 1. The van der Waals surface area contributed by atoms with Gasteiger partial charge in [0.05, 0.1) is 12.1 Å². The van der Waals surface area contributed by atoms with E-state index in [4.69, 9.17) is 9.47 Å². The molecule has 0 fully saturated rings. The molecular weight excluding hydrogens is 292 g/mol. The average Bonchev–Trinajstić information content (AvgIpc) is 2.95. The molecule has 124 valence electrons. The van der Waals surface area contributed by atoms with E-state index >= 15 is 0 Å². The predicted octanol–water partition coefficient (Wildman–Crippen LogP) is 2.97. The van der Waals surface area contributed by atoms with Gasteiger partial charge in [-0.15, -0.1) is 0 Å². The van der Waals surface area contributed by atoms with Crippen LogP contribution in [0.3, 0.4) is 0 Å². The highest BCUT2D eigenvalue weighted by molar-refractivity contribution is 6.00. The number of hydrogen-bond donors (Lipinski definition) is 1. The van der Waals surface area contributed by atoms with E-state index in [1.54, 1.807) is 0 Å². The standard InChI is InChI=1S/C18H24N2O3/c1-3-14-12-20-15(18(21)19-9-6-10-22-4-2)11-13-7-5-8-16(23-14)17(13)20/h5,7-8,11,14H,3-4,6,9-10,12H2,1-2H3,(H,19,21)/t14-/m1/s1. The molecule has 0 bridgehead atoms. The molecule has 2 aromatic rings. The first kappa shape index (κ1) is 15.9. The summed E-state index contributed by atoms with van der Waals surface area (Å²) in [5, 5.41) is 4.04. The fraction of sp³-hybridized carbons (Fsp3) is 0.500. The lowest BCUT2D eigenvalue weighted by Gasteiger charge is -2.26. The fourth-order valence-corrected chi connectivity index (χ4v) is 3.01. The van der Waals surface area contributed by atoms with Crippen molar-refractivity contribution in [1.82, 2.24) is 9.88 Å². The molecule has 1 amide bonds. The van der Waals surface area contributed by atoms with Crippen LogP contribution in [0.25, 0.3) is 10.9 Å². The molecule has 1 aliphatic rings. The van der Waals surface area contributed by atoms with Crippen LogP contribution in [0, 0.1) is 0 Å². The number of nitrogens with one attached hydrogen (secondary N) is 1. The average molecular weight is 316 g/mol. The molecule has 0 radical (unpaired) electrons. The number of carbonyl (C=O) groups is 1. The maximum absolute atomic E-state index is 12.5. The van der Waals surface area contributed by atoms with Gasteiger partial charge in [0.2, 0.25) is 0 Å². The lowest BCUT2D eigenvalue weighted by molar-refractivity contribution is 0.0929. The summed E-state index contributed by atoms with van der Waals surface area (Å²) in [4.78, 5) is 12.5. The highest BCUT2D eigenvalue weighted by Crippen LogP contribution is 2.34. The highest BCUT2D eigenvalue weighted by Gasteiger charge is 2.25. The van der Waals surface area contributed by atoms with E-state index in [0.29, 0.717) is 25.5 Å². The number of amides is 1. The van der Waals surface area contributed by atoms with Crippen LogP contribution >= 0.6 is 0 Å². The van der Waals surface area contributed by atoms with E-state index in [-0.39, 0.29) is 12.0 Å². The SMILES string of the molecule is CCOCCCNC(=O)c1cc2cccc3c2n1C[C@@H](CC)O3. The zero-order valence-corrected chi connectivity index (χ0v) is 13.8. The number of ether oxygens (including phenoxy) is 2. The minimum absolute atomic E-state index is 0.0274. The number of hydrogen-bond acceptors (Lipinski definition) is 3. The zero-order chi connectivity index (χ0) is 16.2. The normalized spacial score (nSPS) is 16.3. The van der Waals surface area contributed by atoms with Crippen molar-refractivity contribution in [2.45, 2.75) is 39.3 Å². The molecule has 0 saturated heterocycles. The zero-order valence-electron chi connectivity index (χ0n) is 13.8. The van der Waals surface area contributed by atoms with Gasteiger partial charge in [-0.1, -0.05) is 19.1 Å². The summed E-state index contributed by atoms with van der Waals surface area (Å²) in [5.74, 6) is 0.844. The number of benzene rings is 1. The van der Waals surface area contributed by atoms with Crippen molar-refractivity contribution in [1.29, 1.82) is 0 Å². The van der Waals surface area contributed by atoms with Gasteiger partial charge >= 0.3 is 0 Å². The van der Waals surface area contributed by atoms with E-state index in [2.05, 4.69) is 16.8 Å². The Bertz CT molecular complexity index is 693. The van der Waals surface area contributed by atoms with Crippen molar-refractivity contribution in [3.8, 4) is 5.75 Å². The second-order valence-corrected chi connectivity index (χ2v) is 5.79. The highest BCUT2D eigenvalue weighted by atomic mass is 16.5. The maximum atomic E-state index is 12.5. The summed E-state index contributed by atoms with van der Waals surface area (Å²) in [6, 6.07) is 7.93. The molecule has 5 nitrogen and oxygen atoms in total. The van der Waals surface area contributed by atoms with Crippen LogP contribution in [-0.2, 0) is 11.3 Å². The third kappa shape index (κ3) is 3.20. The number of nitrogens with zero attached hydrogens (tertiary/aromatic N) is 1. The summed E-state index contributed by atoms with van der Waals surface area (Å²) in [5.41, 5.74) is 1.74. The Kier molecular flexibility index (Phi) is 4.86. The van der Waals surface area contributed by atoms with Crippen molar-refractivity contribution >= 4 is 16.8 Å². The number of para-hydroxylation sites is 1. The maximum Gasteiger partial charge on any atom is 0.267 e. The monoisotopic (exact) mass is 316 g/mol. The molecule has 0 unspecified atom stereocenters. The molecule has 1 atom stereocenters. The Morgan fingerprint density at radius 1 is 1.43 bits per heavy atom. The van der Waals surface area contributed by atoms with Crippen molar-refractivity contribution in [2.75, 3.05) is 19.8 Å². The summed E-state index contributed by atoms with van der Waals surface area (Å²) in [6.45, 7) is 6.81. The van der Waals surface area contributed by atoms with Gasteiger partial charge in [-0.05, 0) is 31.9 Å². The van der Waals surface area contributed by atoms with Gasteiger partial charge in [0.25, 0.3) is 5.91 Å². The molecule has 0 spiro atoms.